The molecule has 1 aliphatic rings. The van der Waals surface area contributed by atoms with Crippen LogP contribution in [0, 0.1) is 0 Å². The lowest BCUT2D eigenvalue weighted by Crippen LogP contribution is -2.37. The van der Waals surface area contributed by atoms with Gasteiger partial charge in [0.15, 0.2) is 0 Å². The minimum atomic E-state index is -3.43. The van der Waals surface area contributed by atoms with E-state index >= 15 is 0 Å². The average Bonchev–Trinajstić information content (AvgIpc) is 2.48. The van der Waals surface area contributed by atoms with Gasteiger partial charge >= 0.3 is 0 Å². The van der Waals surface area contributed by atoms with E-state index in [1.54, 1.807) is 12.1 Å². The molecule has 118 valence electrons. The van der Waals surface area contributed by atoms with Gasteiger partial charge in [-0.3, -0.25) is 0 Å². The molecule has 1 aliphatic heterocycles. The third kappa shape index (κ3) is 4.98. The fourth-order valence-corrected chi connectivity index (χ4v) is 5.06. The first-order valence-electron chi connectivity index (χ1n) is 7.52. The molecule has 0 spiro atoms. The van der Waals surface area contributed by atoms with Gasteiger partial charge in [0.2, 0.25) is 10.0 Å². The van der Waals surface area contributed by atoms with Crippen LogP contribution < -0.4 is 10.0 Å². The van der Waals surface area contributed by atoms with Gasteiger partial charge in [0.05, 0.1) is 4.90 Å². The van der Waals surface area contributed by atoms with Crippen LogP contribution in [-0.4, -0.2) is 32.5 Å². The predicted molar refractivity (Wildman–Crippen MR) is 89.1 cm³/mol. The molecule has 0 atom stereocenters. The largest absolute Gasteiger partial charge is 0.313 e. The summed E-state index contributed by atoms with van der Waals surface area (Å²) in [5.41, 5.74) is 0.837. The van der Waals surface area contributed by atoms with Crippen molar-refractivity contribution < 1.29 is 8.42 Å². The van der Waals surface area contributed by atoms with Crippen molar-refractivity contribution in [3.05, 3.63) is 29.8 Å². The molecule has 0 amide bonds. The van der Waals surface area contributed by atoms with Crippen LogP contribution in [0.1, 0.15) is 31.7 Å². The Morgan fingerprint density at radius 3 is 2.67 bits per heavy atom. The highest BCUT2D eigenvalue weighted by Crippen LogP contribution is 2.21. The van der Waals surface area contributed by atoms with E-state index in [1.165, 1.54) is 0 Å². The number of nitrogens with one attached hydrogen (secondary N) is 2. The monoisotopic (exact) mass is 328 g/mol. The molecule has 0 aromatic heterocycles. The molecule has 0 unspecified atom stereocenters. The molecular weight excluding hydrogens is 304 g/mol. The summed E-state index contributed by atoms with van der Waals surface area (Å²) < 4.78 is 28.1. The van der Waals surface area contributed by atoms with Crippen LogP contribution in [0.5, 0.6) is 0 Å². The maximum Gasteiger partial charge on any atom is 0.241 e. The van der Waals surface area contributed by atoms with Gasteiger partial charge in [-0.15, -0.1) is 0 Å². The number of rotatable bonds is 7. The lowest BCUT2D eigenvalue weighted by molar-refractivity contribution is 0.527. The second kappa shape index (κ2) is 8.17. The van der Waals surface area contributed by atoms with E-state index in [2.05, 4.69) is 17.0 Å². The third-order valence-electron chi connectivity index (χ3n) is 3.55. The van der Waals surface area contributed by atoms with Crippen molar-refractivity contribution in [1.82, 2.24) is 10.0 Å². The molecule has 2 N–H and O–H groups in total. The number of hydrogen-bond acceptors (Lipinski definition) is 4. The maximum atomic E-state index is 12.6. The zero-order valence-electron chi connectivity index (χ0n) is 12.5. The summed E-state index contributed by atoms with van der Waals surface area (Å²) in [4.78, 5) is 0.409. The van der Waals surface area contributed by atoms with Gasteiger partial charge in [-0.25, -0.2) is 13.1 Å². The van der Waals surface area contributed by atoms with E-state index in [-0.39, 0.29) is 6.04 Å². The first-order chi connectivity index (χ1) is 10.1. The topological polar surface area (TPSA) is 58.2 Å². The van der Waals surface area contributed by atoms with E-state index in [4.69, 9.17) is 0 Å². The Morgan fingerprint density at radius 2 is 1.95 bits per heavy atom. The van der Waals surface area contributed by atoms with Gasteiger partial charge in [-0.2, -0.15) is 11.8 Å². The van der Waals surface area contributed by atoms with Gasteiger partial charge in [-0.1, -0.05) is 25.1 Å². The second-order valence-corrected chi connectivity index (χ2v) is 8.20. The zero-order valence-corrected chi connectivity index (χ0v) is 14.1. The minimum absolute atomic E-state index is 0.0768. The summed E-state index contributed by atoms with van der Waals surface area (Å²) in [5.74, 6) is 2.07. The summed E-state index contributed by atoms with van der Waals surface area (Å²) in [7, 11) is -3.43. The third-order valence-corrected chi connectivity index (χ3v) is 6.22. The van der Waals surface area contributed by atoms with E-state index < -0.39 is 10.0 Å². The Balaban J connectivity index is 2.10. The Bertz CT molecular complexity index is 540. The van der Waals surface area contributed by atoms with Gasteiger partial charge in [-0.05, 0) is 48.9 Å². The number of benzene rings is 1. The Hall–Kier alpha value is -0.560. The first kappa shape index (κ1) is 16.8. The van der Waals surface area contributed by atoms with Crippen LogP contribution in [0.3, 0.4) is 0 Å². The summed E-state index contributed by atoms with van der Waals surface area (Å²) in [5, 5.41) is 3.27. The highest BCUT2D eigenvalue weighted by atomic mass is 32.2. The van der Waals surface area contributed by atoms with E-state index in [1.807, 2.05) is 23.9 Å². The van der Waals surface area contributed by atoms with Crippen LogP contribution in [0.15, 0.2) is 29.2 Å². The molecule has 0 bridgehead atoms. The normalized spacial score (nSPS) is 17.0. The lowest BCUT2D eigenvalue weighted by atomic mass is 10.2. The van der Waals surface area contributed by atoms with E-state index in [9.17, 15) is 8.42 Å². The fourth-order valence-electron chi connectivity index (χ4n) is 2.41. The van der Waals surface area contributed by atoms with Crippen molar-refractivity contribution >= 4 is 21.8 Å². The standard InChI is InChI=1S/C15H24N2O2S2/c1-2-9-16-12-13-5-3-4-6-15(13)21(18,19)17-14-7-10-20-11-8-14/h3-6,14,16-17H,2,7-12H2,1H3. The molecule has 2 rings (SSSR count). The molecule has 0 aliphatic carbocycles. The van der Waals surface area contributed by atoms with Crippen LogP contribution in [0.25, 0.3) is 0 Å². The molecule has 6 heteroatoms. The molecule has 1 aromatic rings. The number of thioether (sulfide) groups is 1. The SMILES string of the molecule is CCCNCc1ccccc1S(=O)(=O)NC1CCSCC1. The highest BCUT2D eigenvalue weighted by molar-refractivity contribution is 7.99. The molecule has 1 heterocycles. The van der Waals surface area contributed by atoms with Crippen molar-refractivity contribution in [3.63, 3.8) is 0 Å². The van der Waals surface area contributed by atoms with Crippen LogP contribution in [0.2, 0.25) is 0 Å². The van der Waals surface area contributed by atoms with E-state index in [0.717, 1.165) is 42.9 Å². The Labute approximate surface area is 132 Å². The van der Waals surface area contributed by atoms with Crippen LogP contribution in [-0.2, 0) is 16.6 Å². The fraction of sp³-hybridized carbons (Fsp3) is 0.600. The number of sulfonamides is 1. The van der Waals surface area contributed by atoms with Gasteiger partial charge in [0.1, 0.15) is 0 Å². The van der Waals surface area contributed by atoms with Crippen molar-refractivity contribution in [2.75, 3.05) is 18.1 Å². The van der Waals surface area contributed by atoms with Gasteiger partial charge in [0.25, 0.3) is 0 Å². The molecule has 1 fully saturated rings. The lowest BCUT2D eigenvalue weighted by Gasteiger charge is -2.23. The Morgan fingerprint density at radius 1 is 1.24 bits per heavy atom. The first-order valence-corrected chi connectivity index (χ1v) is 10.2. The molecular formula is C15H24N2O2S2. The Kier molecular flexibility index (Phi) is 6.54. The van der Waals surface area contributed by atoms with Crippen molar-refractivity contribution in [2.24, 2.45) is 0 Å². The summed E-state index contributed by atoms with van der Waals surface area (Å²) >= 11 is 1.89. The van der Waals surface area contributed by atoms with E-state index in [0.29, 0.717) is 11.4 Å². The summed E-state index contributed by atoms with van der Waals surface area (Å²) in [6.45, 7) is 3.57. The van der Waals surface area contributed by atoms with Crippen molar-refractivity contribution in [3.8, 4) is 0 Å². The van der Waals surface area contributed by atoms with Gasteiger partial charge < -0.3 is 5.32 Å². The van der Waals surface area contributed by atoms with Crippen molar-refractivity contribution in [2.45, 2.75) is 43.7 Å². The smallest absolute Gasteiger partial charge is 0.241 e. The predicted octanol–water partition coefficient (Wildman–Crippen LogP) is 2.36. The maximum absolute atomic E-state index is 12.6. The quantitative estimate of drug-likeness (QED) is 0.755. The molecule has 4 nitrogen and oxygen atoms in total. The highest BCUT2D eigenvalue weighted by Gasteiger charge is 2.23. The van der Waals surface area contributed by atoms with Crippen LogP contribution in [0.4, 0.5) is 0 Å². The molecule has 1 saturated heterocycles. The number of hydrogen-bond donors (Lipinski definition) is 2. The van der Waals surface area contributed by atoms with Crippen molar-refractivity contribution in [1.29, 1.82) is 0 Å². The summed E-state index contributed by atoms with van der Waals surface area (Å²) in [6.07, 6.45) is 2.87. The second-order valence-electron chi connectivity index (χ2n) is 5.29. The summed E-state index contributed by atoms with van der Waals surface area (Å²) in [6, 6.07) is 7.33. The molecule has 0 saturated carbocycles. The average molecular weight is 329 g/mol. The molecule has 0 radical (unpaired) electrons. The minimum Gasteiger partial charge on any atom is -0.313 e. The molecule has 21 heavy (non-hydrogen) atoms. The molecule has 1 aromatic carbocycles. The zero-order chi connectivity index (χ0) is 15.1. The van der Waals surface area contributed by atoms with Gasteiger partial charge in [0, 0.05) is 12.6 Å². The van der Waals surface area contributed by atoms with Crippen LogP contribution >= 0.6 is 11.8 Å².